The van der Waals surface area contributed by atoms with Crippen LogP contribution in [0.5, 0.6) is 0 Å². The molecule has 0 aliphatic heterocycles. The van der Waals surface area contributed by atoms with Crippen LogP contribution in [0.1, 0.15) is 33.3 Å². The quantitative estimate of drug-likeness (QED) is 0.579. The van der Waals surface area contributed by atoms with Crippen molar-refractivity contribution in [3.8, 4) is 0 Å². The van der Waals surface area contributed by atoms with Crippen LogP contribution in [0, 0.1) is 9.39 Å². The van der Waals surface area contributed by atoms with Crippen LogP contribution in [-0.4, -0.2) is 14.7 Å². The molecule has 0 aliphatic rings. The second-order valence-corrected chi connectivity index (χ2v) is 7.81. The highest BCUT2D eigenvalue weighted by molar-refractivity contribution is 14.1. The molecule has 94 valence electrons. The van der Waals surface area contributed by atoms with Gasteiger partial charge in [0.1, 0.15) is 16.8 Å². The zero-order valence-corrected chi connectivity index (χ0v) is 13.2. The van der Waals surface area contributed by atoms with E-state index in [9.17, 15) is 8.60 Å². The second kappa shape index (κ2) is 5.56. The Hall–Kier alpha value is -0.300. The number of hydrogen-bond donors (Lipinski definition) is 0. The number of nitrogens with zero attached hydrogens (tertiary/aromatic N) is 1. The van der Waals surface area contributed by atoms with E-state index < -0.39 is 15.7 Å². The van der Waals surface area contributed by atoms with E-state index in [1.165, 1.54) is 6.07 Å². The van der Waals surface area contributed by atoms with Crippen LogP contribution < -0.4 is 0 Å². The van der Waals surface area contributed by atoms with Crippen molar-refractivity contribution >= 4 is 39.3 Å². The highest BCUT2D eigenvalue weighted by atomic mass is 127. The third-order valence-corrected chi connectivity index (χ3v) is 4.22. The van der Waals surface area contributed by atoms with Crippen molar-refractivity contribution in [3.63, 3.8) is 0 Å². The average Bonchev–Trinajstić information content (AvgIpc) is 2.20. The minimum absolute atomic E-state index is 0.336. The number of benzene rings is 1. The first kappa shape index (κ1) is 14.8. The first-order valence-electron chi connectivity index (χ1n) is 5.14. The van der Waals surface area contributed by atoms with Gasteiger partial charge in [-0.05, 0) is 68.5 Å². The molecule has 0 radical (unpaired) electrons. The highest BCUT2D eigenvalue weighted by Gasteiger charge is 2.19. The summed E-state index contributed by atoms with van der Waals surface area (Å²) in [4.78, 5) is 0. The number of hydrogen-bond acceptors (Lipinski definition) is 1. The van der Waals surface area contributed by atoms with E-state index in [1.807, 2.05) is 20.8 Å². The van der Waals surface area contributed by atoms with Gasteiger partial charge in [-0.25, -0.2) is 8.60 Å². The van der Waals surface area contributed by atoms with Crippen LogP contribution in [0.4, 0.5) is 4.39 Å². The van der Waals surface area contributed by atoms with E-state index in [0.717, 1.165) is 3.57 Å². The lowest BCUT2D eigenvalue weighted by atomic mass is 10.1. The summed E-state index contributed by atoms with van der Waals surface area (Å²) in [5, 5.41) is 0. The molecule has 17 heavy (non-hydrogen) atoms. The van der Waals surface area contributed by atoms with Crippen molar-refractivity contribution < 1.29 is 8.60 Å². The maximum Gasteiger partial charge on any atom is 0.145 e. The second-order valence-electron chi connectivity index (χ2n) is 4.66. The first-order valence-corrected chi connectivity index (χ1v) is 7.33. The molecule has 2 nitrogen and oxygen atoms in total. The summed E-state index contributed by atoms with van der Waals surface area (Å²) in [7, 11) is -1.36. The van der Waals surface area contributed by atoms with Crippen molar-refractivity contribution in [2.75, 3.05) is 0 Å². The Morgan fingerprint density at radius 1 is 1.41 bits per heavy atom. The largest absolute Gasteiger partial charge is 0.234 e. The van der Waals surface area contributed by atoms with Crippen LogP contribution in [0.3, 0.4) is 0 Å². The SMILES string of the molecule is CC(=N[S@](=O)C(C)(C)C)c1cc(I)ccc1F. The molecule has 0 spiro atoms. The lowest BCUT2D eigenvalue weighted by molar-refractivity contribution is 0.624. The van der Waals surface area contributed by atoms with Gasteiger partial charge >= 0.3 is 0 Å². The van der Waals surface area contributed by atoms with Gasteiger partial charge in [-0.15, -0.1) is 0 Å². The molecule has 0 fully saturated rings. The van der Waals surface area contributed by atoms with E-state index >= 15 is 0 Å². The van der Waals surface area contributed by atoms with E-state index in [4.69, 9.17) is 0 Å². The summed E-state index contributed by atoms with van der Waals surface area (Å²) in [6.45, 7) is 7.19. The Balaban J connectivity index is 3.12. The minimum atomic E-state index is -1.36. The summed E-state index contributed by atoms with van der Waals surface area (Å²) in [6, 6.07) is 4.79. The fraction of sp³-hybridized carbons (Fsp3) is 0.417. The molecule has 0 aromatic heterocycles. The topological polar surface area (TPSA) is 29.4 Å². The fourth-order valence-corrected chi connectivity index (χ4v) is 2.20. The van der Waals surface area contributed by atoms with Gasteiger partial charge in [-0.1, -0.05) is 0 Å². The maximum absolute atomic E-state index is 13.6. The Bertz CT molecular complexity index is 480. The molecule has 0 unspecified atom stereocenters. The van der Waals surface area contributed by atoms with Gasteiger partial charge in [0.2, 0.25) is 0 Å². The van der Waals surface area contributed by atoms with Crippen molar-refractivity contribution in [2.24, 2.45) is 4.40 Å². The lowest BCUT2D eigenvalue weighted by Crippen LogP contribution is -2.20. The maximum atomic E-state index is 13.6. The minimum Gasteiger partial charge on any atom is -0.234 e. The lowest BCUT2D eigenvalue weighted by Gasteiger charge is -2.14. The van der Waals surface area contributed by atoms with E-state index in [0.29, 0.717) is 11.3 Å². The van der Waals surface area contributed by atoms with Crippen LogP contribution in [0.2, 0.25) is 0 Å². The Morgan fingerprint density at radius 2 is 2.00 bits per heavy atom. The van der Waals surface area contributed by atoms with Gasteiger partial charge < -0.3 is 0 Å². The van der Waals surface area contributed by atoms with Gasteiger partial charge in [0.05, 0.1) is 10.5 Å². The molecule has 0 amide bonds. The zero-order valence-electron chi connectivity index (χ0n) is 10.3. The molecule has 0 saturated heterocycles. The standard InChI is InChI=1S/C12H15FINOS/c1-8(15-17(16)12(2,3)4)10-7-9(14)5-6-11(10)13/h5-7H,1-4H3/t17-/m1/s1. The molecule has 1 aromatic rings. The number of rotatable bonds is 2. The van der Waals surface area contributed by atoms with Crippen LogP contribution in [-0.2, 0) is 11.0 Å². The Morgan fingerprint density at radius 3 is 2.53 bits per heavy atom. The molecule has 0 N–H and O–H groups in total. The average molecular weight is 367 g/mol. The summed E-state index contributed by atoms with van der Waals surface area (Å²) in [5.41, 5.74) is 0.878. The van der Waals surface area contributed by atoms with Crippen molar-refractivity contribution in [1.29, 1.82) is 0 Å². The predicted molar refractivity (Wildman–Crippen MR) is 79.2 cm³/mol. The molecule has 0 aliphatic carbocycles. The smallest absolute Gasteiger partial charge is 0.145 e. The van der Waals surface area contributed by atoms with Gasteiger partial charge in [0.15, 0.2) is 0 Å². The first-order chi connectivity index (χ1) is 7.71. The van der Waals surface area contributed by atoms with Crippen LogP contribution in [0.25, 0.3) is 0 Å². The van der Waals surface area contributed by atoms with Gasteiger partial charge in [-0.3, -0.25) is 0 Å². The summed E-state index contributed by atoms with van der Waals surface area (Å²) >= 11 is 2.11. The van der Waals surface area contributed by atoms with E-state index in [-0.39, 0.29) is 5.82 Å². The predicted octanol–water partition coefficient (Wildman–Crippen LogP) is 3.70. The molecule has 5 heteroatoms. The molecule has 1 rings (SSSR count). The third kappa shape index (κ3) is 4.13. The van der Waals surface area contributed by atoms with Gasteiger partial charge in [-0.2, -0.15) is 4.40 Å². The normalized spacial score (nSPS) is 14.8. The van der Waals surface area contributed by atoms with E-state index in [2.05, 4.69) is 27.0 Å². The van der Waals surface area contributed by atoms with Crippen LogP contribution >= 0.6 is 22.6 Å². The van der Waals surface area contributed by atoms with Crippen molar-refractivity contribution in [3.05, 3.63) is 33.1 Å². The molecule has 0 bridgehead atoms. The summed E-state index contributed by atoms with van der Waals surface area (Å²) in [6.07, 6.45) is 0. The molecule has 1 aromatic carbocycles. The third-order valence-electron chi connectivity index (χ3n) is 2.06. The fourth-order valence-electron chi connectivity index (χ4n) is 1.09. The molecular formula is C12H15FINOS. The van der Waals surface area contributed by atoms with Gasteiger partial charge in [0, 0.05) is 9.13 Å². The molecule has 1 atom stereocenters. The Labute approximate surface area is 117 Å². The zero-order chi connectivity index (χ0) is 13.2. The molecule has 0 saturated carbocycles. The number of halogens is 2. The monoisotopic (exact) mass is 367 g/mol. The van der Waals surface area contributed by atoms with Crippen molar-refractivity contribution in [2.45, 2.75) is 32.4 Å². The summed E-state index contributed by atoms with van der Waals surface area (Å²) in [5.74, 6) is -0.336. The summed E-state index contributed by atoms with van der Waals surface area (Å²) < 4.78 is 30.0. The molecular weight excluding hydrogens is 352 g/mol. The Kier molecular flexibility index (Phi) is 4.83. The highest BCUT2D eigenvalue weighted by Crippen LogP contribution is 2.17. The molecule has 0 heterocycles. The van der Waals surface area contributed by atoms with Crippen LogP contribution in [0.15, 0.2) is 22.6 Å². The van der Waals surface area contributed by atoms with E-state index in [1.54, 1.807) is 19.1 Å². The van der Waals surface area contributed by atoms with Crippen molar-refractivity contribution in [1.82, 2.24) is 0 Å². The van der Waals surface area contributed by atoms with Gasteiger partial charge in [0.25, 0.3) is 0 Å².